The van der Waals surface area contributed by atoms with E-state index in [0.29, 0.717) is 38.4 Å². The summed E-state index contributed by atoms with van der Waals surface area (Å²) in [7, 11) is 0. The van der Waals surface area contributed by atoms with Crippen molar-refractivity contribution < 1.29 is 14.3 Å². The molecule has 6 rings (SSSR count). The first-order chi connectivity index (χ1) is 17.1. The number of aryl methyl sites for hydroxylation is 1. The van der Waals surface area contributed by atoms with Crippen LogP contribution in [0.3, 0.4) is 0 Å². The molecule has 0 spiro atoms. The van der Waals surface area contributed by atoms with Crippen LogP contribution in [0.1, 0.15) is 40.9 Å². The number of amides is 3. The van der Waals surface area contributed by atoms with Gasteiger partial charge in [0.1, 0.15) is 15.5 Å². The van der Waals surface area contributed by atoms with Gasteiger partial charge in [-0.1, -0.05) is 12.8 Å². The van der Waals surface area contributed by atoms with E-state index >= 15 is 0 Å². The molecule has 0 radical (unpaired) electrons. The standard InChI is InChI=1S/C25H22N6O3S/c1-14-13-16(34-19-7-4-11-27-30-19)8-9-17(14)31-18-10-12-26-24-20(18)21(29-25(31)33)22(35-24)23(32)28-15-5-2-3-6-15/h4,7-13,15H,2-3,5-6H2,1H3,(H,28,32)(H,29,33). The van der Waals surface area contributed by atoms with Crippen LogP contribution in [0.2, 0.25) is 0 Å². The highest BCUT2D eigenvalue weighted by Gasteiger charge is 2.33. The normalized spacial score (nSPS) is 15.3. The third kappa shape index (κ3) is 3.85. The van der Waals surface area contributed by atoms with Crippen LogP contribution in [0, 0.1) is 6.92 Å². The summed E-state index contributed by atoms with van der Waals surface area (Å²) in [5, 5.41) is 14.6. The van der Waals surface area contributed by atoms with E-state index in [9.17, 15) is 9.59 Å². The number of benzene rings is 1. The first-order valence-corrected chi connectivity index (χ1v) is 12.3. The Balaban J connectivity index is 1.36. The molecular formula is C25H22N6O3S. The maximum Gasteiger partial charge on any atom is 0.331 e. The highest BCUT2D eigenvalue weighted by Crippen LogP contribution is 2.46. The SMILES string of the molecule is Cc1cc(Oc2cccnn2)ccc1N1C(=O)Nc2c(C(=O)NC3CCCC3)sc3nccc1c23. The smallest absolute Gasteiger partial charge is 0.331 e. The Labute approximate surface area is 205 Å². The second-order valence-electron chi connectivity index (χ2n) is 8.65. The minimum absolute atomic E-state index is 0.156. The van der Waals surface area contributed by atoms with E-state index in [1.807, 2.05) is 19.1 Å². The summed E-state index contributed by atoms with van der Waals surface area (Å²) in [5.41, 5.74) is 2.76. The minimum atomic E-state index is -0.330. The van der Waals surface area contributed by atoms with Crippen LogP contribution in [0.15, 0.2) is 48.8 Å². The summed E-state index contributed by atoms with van der Waals surface area (Å²) >= 11 is 1.30. The average Bonchev–Trinajstić information content (AvgIpc) is 3.50. The number of hydrogen-bond acceptors (Lipinski definition) is 7. The number of nitrogens with zero attached hydrogens (tertiary/aromatic N) is 4. The highest BCUT2D eigenvalue weighted by molar-refractivity contribution is 7.21. The predicted octanol–water partition coefficient (Wildman–Crippen LogP) is 5.54. The summed E-state index contributed by atoms with van der Waals surface area (Å²) in [6, 6.07) is 10.6. The molecule has 1 aromatic carbocycles. The number of nitrogens with one attached hydrogen (secondary N) is 2. The van der Waals surface area contributed by atoms with Gasteiger partial charge in [0.2, 0.25) is 5.88 Å². The second-order valence-corrected chi connectivity index (χ2v) is 9.65. The van der Waals surface area contributed by atoms with Crippen LogP contribution in [0.4, 0.5) is 21.9 Å². The number of carbonyl (C=O) groups is 2. The van der Waals surface area contributed by atoms with Crippen molar-refractivity contribution in [3.05, 3.63) is 59.2 Å². The Hall–Kier alpha value is -4.05. The Bertz CT molecular complexity index is 1450. The molecule has 1 aliphatic carbocycles. The molecule has 2 aliphatic rings. The van der Waals surface area contributed by atoms with Gasteiger partial charge in [-0.3, -0.25) is 9.69 Å². The Morgan fingerprint density at radius 1 is 1.17 bits per heavy atom. The number of anilines is 3. The summed E-state index contributed by atoms with van der Waals surface area (Å²) in [6.07, 6.45) is 7.49. The summed E-state index contributed by atoms with van der Waals surface area (Å²) in [4.78, 5) is 33.7. The predicted molar refractivity (Wildman–Crippen MR) is 134 cm³/mol. The molecule has 0 saturated heterocycles. The maximum atomic E-state index is 13.4. The van der Waals surface area contributed by atoms with E-state index in [2.05, 4.69) is 25.8 Å². The van der Waals surface area contributed by atoms with Crippen molar-refractivity contribution in [1.82, 2.24) is 20.5 Å². The van der Waals surface area contributed by atoms with Crippen molar-refractivity contribution >= 4 is 50.6 Å². The Morgan fingerprint density at radius 3 is 2.80 bits per heavy atom. The number of hydrogen-bond donors (Lipinski definition) is 2. The molecule has 0 bridgehead atoms. The molecule has 176 valence electrons. The van der Waals surface area contributed by atoms with Crippen LogP contribution in [-0.2, 0) is 0 Å². The third-order valence-electron chi connectivity index (χ3n) is 6.32. The first kappa shape index (κ1) is 21.5. The molecule has 3 amide bonds. The maximum absolute atomic E-state index is 13.4. The molecule has 35 heavy (non-hydrogen) atoms. The molecule has 10 heteroatoms. The highest BCUT2D eigenvalue weighted by atomic mass is 32.1. The van der Waals surface area contributed by atoms with Gasteiger partial charge in [-0.25, -0.2) is 9.78 Å². The van der Waals surface area contributed by atoms with E-state index < -0.39 is 0 Å². The van der Waals surface area contributed by atoms with Crippen molar-refractivity contribution in [2.75, 3.05) is 10.2 Å². The first-order valence-electron chi connectivity index (χ1n) is 11.5. The number of carbonyl (C=O) groups excluding carboxylic acids is 2. The van der Waals surface area contributed by atoms with E-state index in [4.69, 9.17) is 4.74 Å². The van der Waals surface area contributed by atoms with Crippen LogP contribution < -0.4 is 20.3 Å². The fraction of sp³-hybridized carbons (Fsp3) is 0.240. The number of aromatic nitrogens is 3. The van der Waals surface area contributed by atoms with Gasteiger partial charge in [0.25, 0.3) is 5.91 Å². The zero-order valence-electron chi connectivity index (χ0n) is 18.9. The van der Waals surface area contributed by atoms with Gasteiger partial charge < -0.3 is 15.4 Å². The van der Waals surface area contributed by atoms with Crippen molar-refractivity contribution in [2.45, 2.75) is 38.6 Å². The monoisotopic (exact) mass is 486 g/mol. The number of urea groups is 1. The number of ether oxygens (including phenoxy) is 1. The van der Waals surface area contributed by atoms with Gasteiger partial charge >= 0.3 is 6.03 Å². The zero-order valence-corrected chi connectivity index (χ0v) is 19.8. The third-order valence-corrected chi connectivity index (χ3v) is 7.42. The topological polar surface area (TPSA) is 109 Å². The quantitative estimate of drug-likeness (QED) is 0.383. The van der Waals surface area contributed by atoms with Gasteiger partial charge in [0.15, 0.2) is 0 Å². The molecule has 2 N–H and O–H groups in total. The molecule has 4 heterocycles. The summed E-state index contributed by atoms with van der Waals surface area (Å²) in [6.45, 7) is 1.91. The molecule has 1 fully saturated rings. The molecule has 1 saturated carbocycles. The van der Waals surface area contributed by atoms with Crippen LogP contribution >= 0.6 is 11.3 Å². The Morgan fingerprint density at radius 2 is 2.03 bits per heavy atom. The largest absolute Gasteiger partial charge is 0.438 e. The molecule has 1 aliphatic heterocycles. The molecule has 4 aromatic rings. The van der Waals surface area contributed by atoms with Crippen LogP contribution in [0.25, 0.3) is 10.2 Å². The Kier molecular flexibility index (Phi) is 5.29. The van der Waals surface area contributed by atoms with Crippen molar-refractivity contribution in [2.24, 2.45) is 0 Å². The minimum Gasteiger partial charge on any atom is -0.438 e. The molecule has 0 unspecified atom stereocenters. The van der Waals surface area contributed by atoms with Crippen LogP contribution in [0.5, 0.6) is 11.6 Å². The molecule has 3 aromatic heterocycles. The van der Waals surface area contributed by atoms with E-state index in [1.165, 1.54) is 11.3 Å². The molecule has 0 atom stereocenters. The van der Waals surface area contributed by atoms with Gasteiger partial charge in [0.05, 0.1) is 22.4 Å². The van der Waals surface area contributed by atoms with E-state index in [1.54, 1.807) is 41.6 Å². The van der Waals surface area contributed by atoms with Crippen molar-refractivity contribution in [3.63, 3.8) is 0 Å². The lowest BCUT2D eigenvalue weighted by molar-refractivity contribution is 0.0943. The second kappa shape index (κ2) is 8.62. The summed E-state index contributed by atoms with van der Waals surface area (Å²) < 4.78 is 5.78. The number of pyridine rings is 1. The molecular weight excluding hydrogens is 464 g/mol. The van der Waals surface area contributed by atoms with E-state index in [0.717, 1.165) is 36.6 Å². The van der Waals surface area contributed by atoms with Gasteiger partial charge in [-0.2, -0.15) is 5.10 Å². The number of rotatable bonds is 5. The lowest BCUT2D eigenvalue weighted by atomic mass is 10.1. The van der Waals surface area contributed by atoms with Gasteiger partial charge in [0, 0.05) is 24.5 Å². The fourth-order valence-electron chi connectivity index (χ4n) is 4.71. The fourth-order valence-corrected chi connectivity index (χ4v) is 5.73. The lowest BCUT2D eigenvalue weighted by Crippen LogP contribution is -2.36. The van der Waals surface area contributed by atoms with E-state index in [-0.39, 0.29) is 18.0 Å². The van der Waals surface area contributed by atoms with Crippen LogP contribution in [-0.4, -0.2) is 33.2 Å². The lowest BCUT2D eigenvalue weighted by Gasteiger charge is -2.29. The van der Waals surface area contributed by atoms with Gasteiger partial charge in [-0.05, 0) is 55.7 Å². The zero-order chi connectivity index (χ0) is 23.9. The average molecular weight is 487 g/mol. The van der Waals surface area contributed by atoms with Crippen molar-refractivity contribution in [3.8, 4) is 11.6 Å². The molecule has 9 nitrogen and oxygen atoms in total. The summed E-state index contributed by atoms with van der Waals surface area (Å²) in [5.74, 6) is 0.819. The van der Waals surface area contributed by atoms with Gasteiger partial charge in [-0.15, -0.1) is 16.4 Å². The van der Waals surface area contributed by atoms with Crippen molar-refractivity contribution in [1.29, 1.82) is 0 Å². The number of thiophene rings is 1.